The van der Waals surface area contributed by atoms with E-state index in [2.05, 4.69) is 48.9 Å². The van der Waals surface area contributed by atoms with Crippen LogP contribution in [0.3, 0.4) is 0 Å². The number of nitrogens with one attached hydrogen (secondary N) is 2. The highest BCUT2D eigenvalue weighted by Gasteiger charge is 2.14. The molecule has 1 aromatic carbocycles. The van der Waals surface area contributed by atoms with Gasteiger partial charge < -0.3 is 14.8 Å². The lowest BCUT2D eigenvalue weighted by Gasteiger charge is -2.19. The van der Waals surface area contributed by atoms with Gasteiger partial charge in [0.1, 0.15) is 0 Å². The average molecular weight is 381 g/mol. The van der Waals surface area contributed by atoms with Crippen LogP contribution in [-0.2, 0) is 11.3 Å². The molecule has 0 bridgehead atoms. The first-order chi connectivity index (χ1) is 13.7. The molecule has 2 heterocycles. The summed E-state index contributed by atoms with van der Waals surface area (Å²) in [6.45, 7) is 8.44. The Hall–Kier alpha value is -3.00. The fourth-order valence-corrected chi connectivity index (χ4v) is 3.04. The summed E-state index contributed by atoms with van der Waals surface area (Å²) < 4.78 is 2.08. The van der Waals surface area contributed by atoms with Gasteiger partial charge in [-0.05, 0) is 31.3 Å². The second-order valence-electron chi connectivity index (χ2n) is 6.40. The number of aromatic nitrogens is 4. The second kappa shape index (κ2) is 9.80. The third kappa shape index (κ3) is 5.04. The van der Waals surface area contributed by atoms with Crippen molar-refractivity contribution in [2.24, 2.45) is 0 Å². The number of imidazole rings is 1. The number of amides is 1. The van der Waals surface area contributed by atoms with E-state index in [1.54, 1.807) is 18.5 Å². The fourth-order valence-electron chi connectivity index (χ4n) is 3.04. The van der Waals surface area contributed by atoms with Crippen molar-refractivity contribution in [3.05, 3.63) is 42.7 Å². The Morgan fingerprint density at radius 3 is 2.61 bits per heavy atom. The van der Waals surface area contributed by atoms with E-state index in [4.69, 9.17) is 0 Å². The van der Waals surface area contributed by atoms with E-state index in [0.717, 1.165) is 37.2 Å². The highest BCUT2D eigenvalue weighted by Crippen LogP contribution is 2.19. The minimum absolute atomic E-state index is 0.0946. The van der Waals surface area contributed by atoms with E-state index in [9.17, 15) is 4.79 Å². The van der Waals surface area contributed by atoms with E-state index in [-0.39, 0.29) is 5.91 Å². The zero-order valence-corrected chi connectivity index (χ0v) is 16.4. The van der Waals surface area contributed by atoms with Crippen LogP contribution in [0.1, 0.15) is 20.3 Å². The molecule has 0 fully saturated rings. The molecule has 1 amide bonds. The van der Waals surface area contributed by atoms with Gasteiger partial charge >= 0.3 is 0 Å². The Kier molecular flexibility index (Phi) is 6.91. The number of fused-ring (bicyclic) bond motifs is 1. The van der Waals surface area contributed by atoms with Gasteiger partial charge in [-0.2, -0.15) is 0 Å². The highest BCUT2D eigenvalue weighted by atomic mass is 16.1. The molecule has 0 radical (unpaired) electrons. The van der Waals surface area contributed by atoms with Crippen molar-refractivity contribution in [1.29, 1.82) is 0 Å². The van der Waals surface area contributed by atoms with E-state index in [0.29, 0.717) is 24.9 Å². The maximum Gasteiger partial charge on any atom is 0.228 e. The standard InChI is InChI=1S/C20H27N7O/c1-3-26(4-2)14-15-27-17-9-6-5-8-16(17)24-20(27)25-18(28)10-13-23-19-21-11-7-12-22-19/h5-9,11-12H,3-4,10,13-15H2,1-2H3,(H,21,22,23)(H,24,25,28). The third-order valence-corrected chi connectivity index (χ3v) is 4.64. The molecule has 0 spiro atoms. The third-order valence-electron chi connectivity index (χ3n) is 4.64. The smallest absolute Gasteiger partial charge is 0.228 e. The van der Waals surface area contributed by atoms with Crippen molar-refractivity contribution in [2.45, 2.75) is 26.8 Å². The summed E-state index contributed by atoms with van der Waals surface area (Å²) in [5, 5.41) is 6.00. The Morgan fingerprint density at radius 1 is 1.11 bits per heavy atom. The van der Waals surface area contributed by atoms with Crippen LogP contribution in [-0.4, -0.2) is 56.5 Å². The average Bonchev–Trinajstić information content (AvgIpc) is 3.06. The van der Waals surface area contributed by atoms with Crippen molar-refractivity contribution in [3.63, 3.8) is 0 Å². The molecule has 3 aromatic rings. The molecule has 28 heavy (non-hydrogen) atoms. The molecule has 0 atom stereocenters. The SMILES string of the molecule is CCN(CC)CCn1c(NC(=O)CCNc2ncccn2)nc2ccccc21. The van der Waals surface area contributed by atoms with E-state index in [1.807, 2.05) is 24.3 Å². The van der Waals surface area contributed by atoms with Gasteiger partial charge in [-0.15, -0.1) is 0 Å². The molecule has 0 aliphatic carbocycles. The number of hydrogen-bond donors (Lipinski definition) is 2. The van der Waals surface area contributed by atoms with Crippen LogP contribution in [0.15, 0.2) is 42.7 Å². The number of rotatable bonds is 10. The van der Waals surface area contributed by atoms with Gasteiger partial charge in [-0.1, -0.05) is 26.0 Å². The summed E-state index contributed by atoms with van der Waals surface area (Å²) in [6.07, 6.45) is 3.62. The van der Waals surface area contributed by atoms with E-state index in [1.165, 1.54) is 0 Å². The van der Waals surface area contributed by atoms with Gasteiger partial charge in [0.2, 0.25) is 17.8 Å². The molecular weight excluding hydrogens is 354 g/mol. The zero-order chi connectivity index (χ0) is 19.8. The van der Waals surface area contributed by atoms with Gasteiger partial charge in [-0.25, -0.2) is 15.0 Å². The quantitative estimate of drug-likeness (QED) is 0.561. The number of para-hydroxylation sites is 2. The van der Waals surface area contributed by atoms with Crippen LogP contribution in [0.5, 0.6) is 0 Å². The first kappa shape index (κ1) is 19.8. The minimum Gasteiger partial charge on any atom is -0.354 e. The lowest BCUT2D eigenvalue weighted by Crippen LogP contribution is -2.28. The summed E-state index contributed by atoms with van der Waals surface area (Å²) >= 11 is 0. The summed E-state index contributed by atoms with van der Waals surface area (Å²) in [4.78, 5) is 27.6. The molecule has 0 unspecified atom stereocenters. The van der Waals surface area contributed by atoms with Gasteiger partial charge in [-0.3, -0.25) is 10.1 Å². The Bertz CT molecular complexity index is 890. The van der Waals surface area contributed by atoms with Crippen molar-refractivity contribution in [3.8, 4) is 0 Å². The van der Waals surface area contributed by atoms with Crippen LogP contribution < -0.4 is 10.6 Å². The molecule has 2 N–H and O–H groups in total. The topological polar surface area (TPSA) is 88.0 Å². The fraction of sp³-hybridized carbons (Fsp3) is 0.400. The molecule has 0 saturated carbocycles. The molecule has 8 nitrogen and oxygen atoms in total. The monoisotopic (exact) mass is 381 g/mol. The molecule has 2 aromatic heterocycles. The van der Waals surface area contributed by atoms with Crippen molar-refractivity contribution >= 4 is 28.8 Å². The second-order valence-corrected chi connectivity index (χ2v) is 6.40. The largest absolute Gasteiger partial charge is 0.354 e. The van der Waals surface area contributed by atoms with Crippen molar-refractivity contribution < 1.29 is 4.79 Å². The number of likely N-dealkylation sites (N-methyl/N-ethyl adjacent to an activating group) is 1. The number of carbonyl (C=O) groups excluding carboxylic acids is 1. The first-order valence-electron chi connectivity index (χ1n) is 9.69. The maximum absolute atomic E-state index is 12.4. The summed E-state index contributed by atoms with van der Waals surface area (Å²) in [7, 11) is 0. The summed E-state index contributed by atoms with van der Waals surface area (Å²) in [5.74, 6) is 1.01. The number of nitrogens with zero attached hydrogens (tertiary/aromatic N) is 5. The minimum atomic E-state index is -0.0946. The number of benzene rings is 1. The van der Waals surface area contributed by atoms with Crippen LogP contribution in [0, 0.1) is 0 Å². The molecule has 3 rings (SSSR count). The number of carbonyl (C=O) groups is 1. The van der Waals surface area contributed by atoms with Crippen molar-refractivity contribution in [2.75, 3.05) is 36.8 Å². The molecular formula is C20H27N7O. The summed E-state index contributed by atoms with van der Waals surface area (Å²) in [6, 6.07) is 9.70. The Labute approximate surface area is 165 Å². The maximum atomic E-state index is 12.4. The molecule has 0 aliphatic rings. The summed E-state index contributed by atoms with van der Waals surface area (Å²) in [5.41, 5.74) is 1.91. The van der Waals surface area contributed by atoms with Crippen LogP contribution in [0.25, 0.3) is 11.0 Å². The Balaban J connectivity index is 1.65. The molecule has 0 aliphatic heterocycles. The van der Waals surface area contributed by atoms with E-state index >= 15 is 0 Å². The van der Waals surface area contributed by atoms with Gasteiger partial charge in [0, 0.05) is 38.4 Å². The lowest BCUT2D eigenvalue weighted by molar-refractivity contribution is -0.116. The van der Waals surface area contributed by atoms with Crippen LogP contribution >= 0.6 is 0 Å². The van der Waals surface area contributed by atoms with Crippen LogP contribution in [0.4, 0.5) is 11.9 Å². The molecule has 8 heteroatoms. The van der Waals surface area contributed by atoms with Gasteiger partial charge in [0.25, 0.3) is 0 Å². The highest BCUT2D eigenvalue weighted by molar-refractivity contribution is 5.91. The normalized spacial score (nSPS) is 11.1. The van der Waals surface area contributed by atoms with Crippen molar-refractivity contribution in [1.82, 2.24) is 24.4 Å². The zero-order valence-electron chi connectivity index (χ0n) is 16.4. The predicted octanol–water partition coefficient (Wildman–Crippen LogP) is 2.61. The molecule has 148 valence electrons. The Morgan fingerprint density at radius 2 is 1.86 bits per heavy atom. The van der Waals surface area contributed by atoms with Gasteiger partial charge in [0.15, 0.2) is 0 Å². The van der Waals surface area contributed by atoms with E-state index < -0.39 is 0 Å². The van der Waals surface area contributed by atoms with Gasteiger partial charge in [0.05, 0.1) is 11.0 Å². The predicted molar refractivity (Wildman–Crippen MR) is 111 cm³/mol. The number of hydrogen-bond acceptors (Lipinski definition) is 6. The lowest BCUT2D eigenvalue weighted by atomic mass is 10.3. The van der Waals surface area contributed by atoms with Crippen LogP contribution in [0.2, 0.25) is 0 Å². The molecule has 0 saturated heterocycles. The first-order valence-corrected chi connectivity index (χ1v) is 9.69. The number of anilines is 2.